The zero-order valence-corrected chi connectivity index (χ0v) is 20.0. The highest BCUT2D eigenvalue weighted by atomic mass is 35.5. The normalized spacial score (nSPS) is 15.1. The number of anilines is 2. The number of carbonyl (C=O) groups excluding carboxylic acids is 2. The summed E-state index contributed by atoms with van der Waals surface area (Å²) < 4.78 is 31.2. The van der Waals surface area contributed by atoms with E-state index < -0.39 is 27.8 Å². The number of ether oxygens (including phenoxy) is 1. The minimum Gasteiger partial charge on any atom is -0.366 e. The summed E-state index contributed by atoms with van der Waals surface area (Å²) in [4.78, 5) is 24.9. The number of nitrogens with one attached hydrogen (secondary N) is 1. The lowest BCUT2D eigenvalue weighted by Gasteiger charge is -2.29. The second-order valence-corrected chi connectivity index (χ2v) is 10.1. The third-order valence-corrected chi connectivity index (χ3v) is 7.40. The summed E-state index contributed by atoms with van der Waals surface area (Å²) in [6, 6.07) is 15.9. The van der Waals surface area contributed by atoms with Crippen LogP contribution in [0.4, 0.5) is 11.4 Å². The first-order valence-electron chi connectivity index (χ1n) is 10.1. The molecule has 11 heteroatoms. The third kappa shape index (κ3) is 4.88. The van der Waals surface area contributed by atoms with Crippen molar-refractivity contribution in [1.82, 2.24) is 0 Å². The van der Waals surface area contributed by atoms with E-state index in [1.165, 1.54) is 16.4 Å². The molecule has 4 rings (SSSR count). The van der Waals surface area contributed by atoms with Gasteiger partial charge in [-0.3, -0.25) is 13.9 Å². The predicted octanol–water partition coefficient (Wildman–Crippen LogP) is 4.14. The van der Waals surface area contributed by atoms with Crippen LogP contribution in [0.5, 0.6) is 0 Å². The fourth-order valence-electron chi connectivity index (χ4n) is 3.57. The summed E-state index contributed by atoms with van der Waals surface area (Å²) >= 11 is 12.4. The van der Waals surface area contributed by atoms with Crippen molar-refractivity contribution in [2.45, 2.75) is 0 Å². The van der Waals surface area contributed by atoms with Crippen molar-refractivity contribution in [3.05, 3.63) is 81.8 Å². The molecule has 0 aromatic heterocycles. The lowest BCUT2D eigenvalue weighted by Crippen LogP contribution is -2.41. The number of nitrogens with two attached hydrogens (primary N) is 1. The van der Waals surface area contributed by atoms with Gasteiger partial charge in [0.2, 0.25) is 5.91 Å². The van der Waals surface area contributed by atoms with Crippen molar-refractivity contribution in [3.63, 3.8) is 0 Å². The standard InChI is InChI=1S/C23H19Cl2N3O5S/c24-19-4-2-1-3-17(19)23(30)27-21-11-14(5-8-20(21)25)18-12-15(6-7-16(18)22(26)29)28-9-10-33-13-34(28,31)32/h1-8,11-12H,9-10,13H2,(H2,26,29)(H,27,30). The maximum absolute atomic E-state index is 12.7. The van der Waals surface area contributed by atoms with E-state index in [4.69, 9.17) is 33.7 Å². The van der Waals surface area contributed by atoms with Crippen LogP contribution >= 0.6 is 23.2 Å². The monoisotopic (exact) mass is 519 g/mol. The second kappa shape index (κ2) is 9.63. The average molecular weight is 520 g/mol. The van der Waals surface area contributed by atoms with Gasteiger partial charge in [-0.05, 0) is 53.6 Å². The quantitative estimate of drug-likeness (QED) is 0.525. The molecule has 0 aliphatic carbocycles. The number of amides is 2. The largest absolute Gasteiger partial charge is 0.366 e. The first-order valence-corrected chi connectivity index (χ1v) is 12.4. The number of sulfonamides is 1. The molecule has 176 valence electrons. The van der Waals surface area contributed by atoms with Crippen LogP contribution in [0.2, 0.25) is 10.0 Å². The molecule has 0 atom stereocenters. The SMILES string of the molecule is NC(=O)c1ccc(N2CCOCS2(=O)=O)cc1-c1ccc(Cl)c(NC(=O)c2ccccc2Cl)c1. The second-order valence-electron chi connectivity index (χ2n) is 7.43. The summed E-state index contributed by atoms with van der Waals surface area (Å²) in [7, 11) is -3.67. The molecule has 1 heterocycles. The highest BCUT2D eigenvalue weighted by Gasteiger charge is 2.28. The smallest absolute Gasteiger partial charge is 0.259 e. The summed E-state index contributed by atoms with van der Waals surface area (Å²) in [6.07, 6.45) is 0. The van der Waals surface area contributed by atoms with E-state index in [1.54, 1.807) is 48.5 Å². The Morgan fingerprint density at radius 1 is 0.971 bits per heavy atom. The Kier molecular flexibility index (Phi) is 6.81. The van der Waals surface area contributed by atoms with E-state index in [1.807, 2.05) is 0 Å². The highest BCUT2D eigenvalue weighted by Crippen LogP contribution is 2.34. The third-order valence-electron chi connectivity index (χ3n) is 5.21. The average Bonchev–Trinajstić information content (AvgIpc) is 2.80. The number of hydrogen-bond acceptors (Lipinski definition) is 5. The van der Waals surface area contributed by atoms with Crippen LogP contribution in [0, 0.1) is 0 Å². The number of primary amides is 1. The molecule has 0 unspecified atom stereocenters. The maximum Gasteiger partial charge on any atom is 0.259 e. The number of hydrogen-bond donors (Lipinski definition) is 2. The minimum atomic E-state index is -3.67. The van der Waals surface area contributed by atoms with Crippen molar-refractivity contribution < 1.29 is 22.7 Å². The fourth-order valence-corrected chi connectivity index (χ4v) is 5.20. The molecule has 1 aliphatic rings. The molecular weight excluding hydrogens is 501 g/mol. The van der Waals surface area contributed by atoms with Crippen LogP contribution in [0.25, 0.3) is 11.1 Å². The van der Waals surface area contributed by atoms with Gasteiger partial charge in [-0.2, -0.15) is 0 Å². The number of carbonyl (C=O) groups is 2. The molecule has 1 fully saturated rings. The van der Waals surface area contributed by atoms with Crippen molar-refractivity contribution in [2.24, 2.45) is 5.73 Å². The number of benzene rings is 3. The molecular formula is C23H19Cl2N3O5S. The van der Waals surface area contributed by atoms with Gasteiger partial charge in [0, 0.05) is 5.56 Å². The molecule has 8 nitrogen and oxygen atoms in total. The lowest BCUT2D eigenvalue weighted by atomic mass is 9.98. The van der Waals surface area contributed by atoms with E-state index in [2.05, 4.69) is 5.32 Å². The summed E-state index contributed by atoms with van der Waals surface area (Å²) in [5, 5.41) is 3.26. The number of rotatable bonds is 5. The van der Waals surface area contributed by atoms with E-state index >= 15 is 0 Å². The van der Waals surface area contributed by atoms with Gasteiger partial charge in [0.1, 0.15) is 0 Å². The van der Waals surface area contributed by atoms with Crippen LogP contribution in [-0.4, -0.2) is 39.3 Å². The van der Waals surface area contributed by atoms with Gasteiger partial charge >= 0.3 is 0 Å². The fraction of sp³-hybridized carbons (Fsp3) is 0.130. The van der Waals surface area contributed by atoms with E-state index in [0.29, 0.717) is 16.8 Å². The minimum absolute atomic E-state index is 0.136. The highest BCUT2D eigenvalue weighted by molar-refractivity contribution is 7.92. The van der Waals surface area contributed by atoms with Gasteiger partial charge < -0.3 is 15.8 Å². The van der Waals surface area contributed by atoms with E-state index in [0.717, 1.165) is 0 Å². The Balaban J connectivity index is 1.76. The topological polar surface area (TPSA) is 119 Å². The molecule has 2 amide bonds. The first-order chi connectivity index (χ1) is 16.2. The molecule has 1 saturated heterocycles. The number of halogens is 2. The summed E-state index contributed by atoms with van der Waals surface area (Å²) in [5.41, 5.74) is 7.55. The first kappa shape index (κ1) is 24.0. The molecule has 3 N–H and O–H groups in total. The van der Waals surface area contributed by atoms with Crippen molar-refractivity contribution >= 4 is 56.4 Å². The van der Waals surface area contributed by atoms with Gasteiger partial charge in [-0.25, -0.2) is 8.42 Å². The van der Waals surface area contributed by atoms with Gasteiger partial charge in [-0.1, -0.05) is 41.4 Å². The Morgan fingerprint density at radius 2 is 1.74 bits per heavy atom. The van der Waals surface area contributed by atoms with Crippen LogP contribution in [0.1, 0.15) is 20.7 Å². The van der Waals surface area contributed by atoms with Crippen molar-refractivity contribution in [3.8, 4) is 11.1 Å². The predicted molar refractivity (Wildman–Crippen MR) is 132 cm³/mol. The van der Waals surface area contributed by atoms with Crippen LogP contribution in [0.15, 0.2) is 60.7 Å². The zero-order valence-electron chi connectivity index (χ0n) is 17.6. The molecule has 3 aromatic rings. The maximum atomic E-state index is 12.7. The van der Waals surface area contributed by atoms with Crippen molar-refractivity contribution in [2.75, 3.05) is 28.7 Å². The summed E-state index contributed by atoms with van der Waals surface area (Å²) in [5.74, 6) is -1.59. The van der Waals surface area contributed by atoms with Gasteiger partial charge in [0.25, 0.3) is 15.9 Å². The van der Waals surface area contributed by atoms with Crippen molar-refractivity contribution in [1.29, 1.82) is 0 Å². The Bertz CT molecular complexity index is 1400. The van der Waals surface area contributed by atoms with Gasteiger partial charge in [-0.15, -0.1) is 0 Å². The molecule has 0 bridgehead atoms. The molecule has 34 heavy (non-hydrogen) atoms. The molecule has 0 radical (unpaired) electrons. The lowest BCUT2D eigenvalue weighted by molar-refractivity contribution is 0.0998. The molecule has 3 aromatic carbocycles. The van der Waals surface area contributed by atoms with E-state index in [9.17, 15) is 18.0 Å². The zero-order chi connectivity index (χ0) is 24.5. The Morgan fingerprint density at radius 3 is 2.44 bits per heavy atom. The van der Waals surface area contributed by atoms with E-state index in [-0.39, 0.29) is 40.0 Å². The van der Waals surface area contributed by atoms with Crippen LogP contribution < -0.4 is 15.4 Å². The van der Waals surface area contributed by atoms with Crippen LogP contribution in [0.3, 0.4) is 0 Å². The van der Waals surface area contributed by atoms with Gasteiger partial charge in [0.05, 0.1) is 40.1 Å². The van der Waals surface area contributed by atoms with Gasteiger partial charge in [0.15, 0.2) is 5.94 Å². The summed E-state index contributed by atoms with van der Waals surface area (Å²) in [6.45, 7) is 0.378. The molecule has 0 saturated carbocycles. The number of nitrogens with zero attached hydrogens (tertiary/aromatic N) is 1. The Hall–Kier alpha value is -3.11. The Labute approximate surface area is 206 Å². The van der Waals surface area contributed by atoms with Crippen LogP contribution in [-0.2, 0) is 14.8 Å². The molecule has 0 spiro atoms. The molecule has 1 aliphatic heterocycles.